The van der Waals surface area contributed by atoms with Gasteiger partial charge in [-0.05, 0) is 12.1 Å². The minimum Gasteiger partial charge on any atom is -0.454 e. The van der Waals surface area contributed by atoms with Gasteiger partial charge in [0.15, 0.2) is 10.8 Å². The van der Waals surface area contributed by atoms with E-state index in [2.05, 4.69) is 15.6 Å². The summed E-state index contributed by atoms with van der Waals surface area (Å²) in [7, 11) is 0. The SMILES string of the molecule is CC(C)C(=O)NCCNC(=O)c1csc(-c2cc3ccccc3o2)n1. The van der Waals surface area contributed by atoms with Crippen molar-refractivity contribution in [1.29, 1.82) is 0 Å². The summed E-state index contributed by atoms with van der Waals surface area (Å²) in [6, 6.07) is 9.63. The lowest BCUT2D eigenvalue weighted by molar-refractivity contribution is -0.123. The molecule has 2 amide bonds. The van der Waals surface area contributed by atoms with Crippen molar-refractivity contribution in [2.45, 2.75) is 13.8 Å². The van der Waals surface area contributed by atoms with Gasteiger partial charge in [0.2, 0.25) is 5.91 Å². The maximum Gasteiger partial charge on any atom is 0.270 e. The molecule has 2 N–H and O–H groups in total. The number of nitrogens with zero attached hydrogens (tertiary/aromatic N) is 1. The Morgan fingerprint density at radius 3 is 2.72 bits per heavy atom. The molecule has 25 heavy (non-hydrogen) atoms. The van der Waals surface area contributed by atoms with E-state index in [1.54, 1.807) is 5.38 Å². The summed E-state index contributed by atoms with van der Waals surface area (Å²) in [4.78, 5) is 27.9. The maximum absolute atomic E-state index is 12.1. The van der Waals surface area contributed by atoms with E-state index in [1.807, 2.05) is 44.2 Å². The number of nitrogens with one attached hydrogen (secondary N) is 2. The molecule has 0 aliphatic rings. The number of hydrogen-bond donors (Lipinski definition) is 2. The molecular formula is C18H19N3O3S. The predicted molar refractivity (Wildman–Crippen MR) is 97.5 cm³/mol. The zero-order valence-corrected chi connectivity index (χ0v) is 14.9. The van der Waals surface area contributed by atoms with Crippen molar-refractivity contribution >= 4 is 34.1 Å². The van der Waals surface area contributed by atoms with Gasteiger partial charge in [0, 0.05) is 29.8 Å². The van der Waals surface area contributed by atoms with Gasteiger partial charge in [0.25, 0.3) is 5.91 Å². The van der Waals surface area contributed by atoms with Crippen LogP contribution in [0.2, 0.25) is 0 Å². The molecule has 3 aromatic rings. The molecule has 0 unspecified atom stereocenters. The first-order valence-corrected chi connectivity index (χ1v) is 8.93. The quantitative estimate of drug-likeness (QED) is 0.664. The third kappa shape index (κ3) is 4.06. The van der Waals surface area contributed by atoms with Crippen LogP contribution in [0.3, 0.4) is 0 Å². The van der Waals surface area contributed by atoms with Gasteiger partial charge < -0.3 is 15.1 Å². The highest BCUT2D eigenvalue weighted by Gasteiger charge is 2.14. The number of amides is 2. The lowest BCUT2D eigenvalue weighted by atomic mass is 10.2. The number of benzene rings is 1. The van der Waals surface area contributed by atoms with Gasteiger partial charge in [-0.15, -0.1) is 11.3 Å². The molecule has 3 rings (SSSR count). The molecule has 0 spiro atoms. The van der Waals surface area contributed by atoms with E-state index in [4.69, 9.17) is 4.42 Å². The second-order valence-electron chi connectivity index (χ2n) is 5.89. The third-order valence-electron chi connectivity index (χ3n) is 3.61. The number of carbonyl (C=O) groups excluding carboxylic acids is 2. The van der Waals surface area contributed by atoms with Crippen molar-refractivity contribution in [3.8, 4) is 10.8 Å². The zero-order chi connectivity index (χ0) is 17.8. The smallest absolute Gasteiger partial charge is 0.270 e. The number of fused-ring (bicyclic) bond motifs is 1. The molecular weight excluding hydrogens is 338 g/mol. The van der Waals surface area contributed by atoms with Crippen molar-refractivity contribution < 1.29 is 14.0 Å². The minimum absolute atomic E-state index is 0.0323. The van der Waals surface area contributed by atoms with Gasteiger partial charge in [0.05, 0.1) is 0 Å². The van der Waals surface area contributed by atoms with E-state index in [0.29, 0.717) is 29.6 Å². The van der Waals surface area contributed by atoms with Crippen LogP contribution in [0.4, 0.5) is 0 Å². The highest BCUT2D eigenvalue weighted by atomic mass is 32.1. The van der Waals surface area contributed by atoms with Crippen molar-refractivity contribution in [1.82, 2.24) is 15.6 Å². The van der Waals surface area contributed by atoms with Crippen molar-refractivity contribution in [3.05, 3.63) is 41.4 Å². The Morgan fingerprint density at radius 1 is 1.20 bits per heavy atom. The summed E-state index contributed by atoms with van der Waals surface area (Å²) < 4.78 is 5.76. The van der Waals surface area contributed by atoms with E-state index in [-0.39, 0.29) is 17.7 Å². The second kappa shape index (κ2) is 7.48. The molecule has 1 aromatic carbocycles. The predicted octanol–water partition coefficient (Wildman–Crippen LogP) is 3.06. The monoisotopic (exact) mass is 357 g/mol. The van der Waals surface area contributed by atoms with Crippen molar-refractivity contribution in [2.75, 3.05) is 13.1 Å². The second-order valence-corrected chi connectivity index (χ2v) is 6.75. The summed E-state index contributed by atoms with van der Waals surface area (Å²) >= 11 is 1.36. The van der Waals surface area contributed by atoms with E-state index < -0.39 is 0 Å². The Hall–Kier alpha value is -2.67. The van der Waals surface area contributed by atoms with Crippen LogP contribution in [0.5, 0.6) is 0 Å². The molecule has 0 aliphatic carbocycles. The van der Waals surface area contributed by atoms with Gasteiger partial charge in [-0.2, -0.15) is 0 Å². The van der Waals surface area contributed by atoms with Crippen molar-refractivity contribution in [2.24, 2.45) is 5.92 Å². The highest BCUT2D eigenvalue weighted by molar-refractivity contribution is 7.13. The lowest BCUT2D eigenvalue weighted by Gasteiger charge is -2.07. The first-order chi connectivity index (χ1) is 12.0. The molecule has 0 radical (unpaired) electrons. The summed E-state index contributed by atoms with van der Waals surface area (Å²) in [5.41, 5.74) is 1.13. The number of aromatic nitrogens is 1. The Kier molecular flexibility index (Phi) is 5.14. The summed E-state index contributed by atoms with van der Waals surface area (Å²) in [6.45, 7) is 4.39. The molecule has 7 heteroatoms. The fourth-order valence-corrected chi connectivity index (χ4v) is 2.99. The normalized spacial score (nSPS) is 11.0. The first kappa shape index (κ1) is 17.2. The van der Waals surface area contributed by atoms with Crippen LogP contribution in [0.15, 0.2) is 40.1 Å². The summed E-state index contributed by atoms with van der Waals surface area (Å²) in [5.74, 6) is 0.280. The van der Waals surface area contributed by atoms with Gasteiger partial charge in [-0.25, -0.2) is 4.98 Å². The number of hydrogen-bond acceptors (Lipinski definition) is 5. The number of furan rings is 1. The number of thiazole rings is 1. The molecule has 2 aromatic heterocycles. The number of para-hydroxylation sites is 1. The average molecular weight is 357 g/mol. The van der Waals surface area contributed by atoms with Crippen LogP contribution in [0.25, 0.3) is 21.7 Å². The van der Waals surface area contributed by atoms with E-state index in [9.17, 15) is 9.59 Å². The summed E-state index contributed by atoms with van der Waals surface area (Å²) in [6.07, 6.45) is 0. The molecule has 0 bridgehead atoms. The van der Waals surface area contributed by atoms with E-state index in [1.165, 1.54) is 11.3 Å². The Morgan fingerprint density at radius 2 is 1.96 bits per heavy atom. The van der Waals surface area contributed by atoms with Gasteiger partial charge in [-0.3, -0.25) is 9.59 Å². The molecule has 2 heterocycles. The highest BCUT2D eigenvalue weighted by Crippen LogP contribution is 2.29. The topological polar surface area (TPSA) is 84.2 Å². The molecule has 130 valence electrons. The Labute approximate surface area is 149 Å². The van der Waals surface area contributed by atoms with Crippen LogP contribution < -0.4 is 10.6 Å². The van der Waals surface area contributed by atoms with Crippen LogP contribution in [-0.4, -0.2) is 29.9 Å². The molecule has 6 nitrogen and oxygen atoms in total. The first-order valence-electron chi connectivity index (χ1n) is 8.05. The molecule has 0 fully saturated rings. The molecule has 0 saturated carbocycles. The van der Waals surface area contributed by atoms with Gasteiger partial charge in [0.1, 0.15) is 11.3 Å². The maximum atomic E-state index is 12.1. The number of carbonyl (C=O) groups is 2. The van der Waals surface area contributed by atoms with Gasteiger partial charge >= 0.3 is 0 Å². The summed E-state index contributed by atoms with van der Waals surface area (Å²) in [5, 5.41) is 8.85. The van der Waals surface area contributed by atoms with Crippen LogP contribution in [-0.2, 0) is 4.79 Å². The lowest BCUT2D eigenvalue weighted by Crippen LogP contribution is -2.36. The standard InChI is InChI=1S/C18H19N3O3S/c1-11(2)16(22)19-7-8-20-17(23)13-10-25-18(21-13)15-9-12-5-3-4-6-14(12)24-15/h3-6,9-11H,7-8H2,1-2H3,(H,19,22)(H,20,23). The Bertz CT molecular complexity index is 865. The zero-order valence-electron chi connectivity index (χ0n) is 14.0. The molecule has 0 saturated heterocycles. The van der Waals surface area contributed by atoms with E-state index in [0.717, 1.165) is 11.0 Å². The molecule has 0 atom stereocenters. The van der Waals surface area contributed by atoms with Crippen LogP contribution in [0, 0.1) is 5.92 Å². The fourth-order valence-electron chi connectivity index (χ4n) is 2.23. The van der Waals surface area contributed by atoms with Gasteiger partial charge in [-0.1, -0.05) is 32.0 Å². The van der Waals surface area contributed by atoms with E-state index >= 15 is 0 Å². The molecule has 0 aliphatic heterocycles. The minimum atomic E-state index is -0.266. The van der Waals surface area contributed by atoms with Crippen LogP contribution >= 0.6 is 11.3 Å². The fraction of sp³-hybridized carbons (Fsp3) is 0.278. The Balaban J connectivity index is 1.59. The third-order valence-corrected chi connectivity index (χ3v) is 4.46. The van der Waals surface area contributed by atoms with Crippen LogP contribution in [0.1, 0.15) is 24.3 Å². The largest absolute Gasteiger partial charge is 0.454 e. The average Bonchev–Trinajstić information content (AvgIpc) is 3.24. The van der Waals surface area contributed by atoms with Crippen molar-refractivity contribution in [3.63, 3.8) is 0 Å². The number of rotatable bonds is 6.